The van der Waals surface area contributed by atoms with E-state index >= 15 is 0 Å². The SMILES string of the molecule is CCNS(=O)(=O)c1ccc(C(=O)NC(C)CCC(=O)O)cc1. The number of carboxylic acids is 1. The smallest absolute Gasteiger partial charge is 0.303 e. The number of hydrogen-bond acceptors (Lipinski definition) is 4. The van der Waals surface area contributed by atoms with Gasteiger partial charge in [-0.2, -0.15) is 0 Å². The van der Waals surface area contributed by atoms with E-state index in [1.165, 1.54) is 24.3 Å². The summed E-state index contributed by atoms with van der Waals surface area (Å²) in [4.78, 5) is 22.5. The average Bonchev–Trinajstić information content (AvgIpc) is 2.45. The van der Waals surface area contributed by atoms with Gasteiger partial charge in [0.15, 0.2) is 0 Å². The Kier molecular flexibility index (Phi) is 6.51. The normalized spacial score (nSPS) is 12.6. The molecule has 1 unspecified atom stereocenters. The number of carbonyl (C=O) groups excluding carboxylic acids is 1. The van der Waals surface area contributed by atoms with Crippen LogP contribution in [0.15, 0.2) is 29.2 Å². The van der Waals surface area contributed by atoms with Gasteiger partial charge >= 0.3 is 5.97 Å². The van der Waals surface area contributed by atoms with Crippen LogP contribution in [0.2, 0.25) is 0 Å². The zero-order valence-electron chi connectivity index (χ0n) is 12.5. The van der Waals surface area contributed by atoms with Crippen molar-refractivity contribution in [3.63, 3.8) is 0 Å². The van der Waals surface area contributed by atoms with E-state index in [9.17, 15) is 18.0 Å². The second kappa shape index (κ2) is 7.90. The fraction of sp³-hybridized carbons (Fsp3) is 0.429. The highest BCUT2D eigenvalue weighted by Gasteiger charge is 2.15. The number of carboxylic acid groups (broad SMARTS) is 1. The van der Waals surface area contributed by atoms with Gasteiger partial charge in [0.05, 0.1) is 4.90 Å². The molecule has 0 fully saturated rings. The Morgan fingerprint density at radius 1 is 1.23 bits per heavy atom. The Bertz CT molecular complexity index is 625. The number of nitrogens with one attached hydrogen (secondary N) is 2. The summed E-state index contributed by atoms with van der Waals surface area (Å²) in [6, 6.07) is 5.27. The van der Waals surface area contributed by atoms with E-state index in [0.29, 0.717) is 12.0 Å². The van der Waals surface area contributed by atoms with E-state index in [-0.39, 0.29) is 29.8 Å². The highest BCUT2D eigenvalue weighted by atomic mass is 32.2. The maximum absolute atomic E-state index is 12.0. The lowest BCUT2D eigenvalue weighted by atomic mass is 10.1. The highest BCUT2D eigenvalue weighted by molar-refractivity contribution is 7.89. The molecule has 0 heterocycles. The summed E-state index contributed by atoms with van der Waals surface area (Å²) >= 11 is 0. The molecule has 1 rings (SSSR count). The van der Waals surface area contributed by atoms with Crippen molar-refractivity contribution in [3.8, 4) is 0 Å². The van der Waals surface area contributed by atoms with Crippen LogP contribution in [0.1, 0.15) is 37.0 Å². The fourth-order valence-electron chi connectivity index (χ4n) is 1.78. The minimum Gasteiger partial charge on any atom is -0.481 e. The van der Waals surface area contributed by atoms with Gasteiger partial charge in [-0.15, -0.1) is 0 Å². The van der Waals surface area contributed by atoms with Crippen molar-refractivity contribution in [2.24, 2.45) is 0 Å². The molecule has 0 aromatic heterocycles. The van der Waals surface area contributed by atoms with Crippen molar-refractivity contribution in [2.45, 2.75) is 37.6 Å². The predicted molar refractivity (Wildman–Crippen MR) is 81.1 cm³/mol. The lowest BCUT2D eigenvalue weighted by molar-refractivity contribution is -0.137. The van der Waals surface area contributed by atoms with Gasteiger partial charge in [-0.1, -0.05) is 6.92 Å². The molecule has 0 radical (unpaired) electrons. The van der Waals surface area contributed by atoms with Crippen LogP contribution >= 0.6 is 0 Å². The van der Waals surface area contributed by atoms with E-state index < -0.39 is 16.0 Å². The van der Waals surface area contributed by atoms with Crippen LogP contribution in [0.5, 0.6) is 0 Å². The van der Waals surface area contributed by atoms with Crippen LogP contribution in [0.4, 0.5) is 0 Å². The third-order valence-corrected chi connectivity index (χ3v) is 4.49. The average molecular weight is 328 g/mol. The van der Waals surface area contributed by atoms with Gasteiger partial charge in [0.25, 0.3) is 5.91 Å². The first kappa shape index (κ1) is 18.1. The van der Waals surface area contributed by atoms with Gasteiger partial charge in [0.1, 0.15) is 0 Å². The minimum absolute atomic E-state index is 0.0265. The zero-order valence-corrected chi connectivity index (χ0v) is 13.3. The third kappa shape index (κ3) is 5.45. The first-order chi connectivity index (χ1) is 10.3. The van der Waals surface area contributed by atoms with E-state index in [0.717, 1.165) is 0 Å². The molecule has 0 bridgehead atoms. The van der Waals surface area contributed by atoms with Gasteiger partial charge in [-0.05, 0) is 37.6 Å². The van der Waals surface area contributed by atoms with Gasteiger partial charge in [-0.3, -0.25) is 9.59 Å². The summed E-state index contributed by atoms with van der Waals surface area (Å²) < 4.78 is 25.9. The molecule has 0 saturated heterocycles. The molecule has 7 nitrogen and oxygen atoms in total. The minimum atomic E-state index is -3.54. The third-order valence-electron chi connectivity index (χ3n) is 2.93. The molecule has 1 amide bonds. The van der Waals surface area contributed by atoms with E-state index in [2.05, 4.69) is 10.0 Å². The first-order valence-corrected chi connectivity index (χ1v) is 8.37. The lowest BCUT2D eigenvalue weighted by Gasteiger charge is -2.13. The summed E-state index contributed by atoms with van der Waals surface area (Å²) in [5.41, 5.74) is 0.317. The zero-order chi connectivity index (χ0) is 16.8. The quantitative estimate of drug-likeness (QED) is 0.658. The van der Waals surface area contributed by atoms with Gasteiger partial charge in [0.2, 0.25) is 10.0 Å². The number of aliphatic carboxylic acids is 1. The molecule has 0 aliphatic carbocycles. The van der Waals surface area contributed by atoms with E-state index in [1.54, 1.807) is 13.8 Å². The van der Waals surface area contributed by atoms with E-state index in [4.69, 9.17) is 5.11 Å². The summed E-state index contributed by atoms with van der Waals surface area (Å²) in [5, 5.41) is 11.3. The van der Waals surface area contributed by atoms with Crippen LogP contribution in [0.3, 0.4) is 0 Å². The summed E-state index contributed by atoms with van der Waals surface area (Å²) in [5.74, 6) is -1.29. The first-order valence-electron chi connectivity index (χ1n) is 6.88. The number of amides is 1. The van der Waals surface area contributed by atoms with Gasteiger partial charge in [0, 0.05) is 24.6 Å². The highest BCUT2D eigenvalue weighted by Crippen LogP contribution is 2.11. The molecule has 8 heteroatoms. The molecule has 1 aromatic rings. The monoisotopic (exact) mass is 328 g/mol. The molecule has 3 N–H and O–H groups in total. The Balaban J connectivity index is 2.70. The molecule has 22 heavy (non-hydrogen) atoms. The standard InChI is InChI=1S/C14H20N2O5S/c1-3-15-22(20,21)12-7-5-11(6-8-12)14(19)16-10(2)4-9-13(17)18/h5-8,10,15H,3-4,9H2,1-2H3,(H,16,19)(H,17,18). The largest absolute Gasteiger partial charge is 0.481 e. The molecular formula is C14H20N2O5S. The van der Waals surface area contributed by atoms with Crippen molar-refractivity contribution in [1.29, 1.82) is 0 Å². The Hall–Kier alpha value is -1.93. The maximum atomic E-state index is 12.0. The summed E-state index contributed by atoms with van der Waals surface area (Å²) in [6.45, 7) is 3.67. The number of hydrogen-bond donors (Lipinski definition) is 3. The number of benzene rings is 1. The van der Waals surface area contributed by atoms with Crippen LogP contribution < -0.4 is 10.0 Å². The number of sulfonamides is 1. The second-order valence-corrected chi connectivity index (χ2v) is 6.60. The molecule has 0 spiro atoms. The van der Waals surface area contributed by atoms with Crippen LogP contribution in [0, 0.1) is 0 Å². The summed E-state index contributed by atoms with van der Waals surface area (Å²) in [6.07, 6.45) is 0.301. The second-order valence-electron chi connectivity index (χ2n) is 4.83. The topological polar surface area (TPSA) is 113 Å². The molecule has 122 valence electrons. The maximum Gasteiger partial charge on any atom is 0.303 e. The Morgan fingerprint density at radius 3 is 2.32 bits per heavy atom. The van der Waals surface area contributed by atoms with Crippen LogP contribution in [-0.2, 0) is 14.8 Å². The Morgan fingerprint density at radius 2 is 1.82 bits per heavy atom. The van der Waals surface area contributed by atoms with Gasteiger partial charge in [-0.25, -0.2) is 13.1 Å². The van der Waals surface area contributed by atoms with Crippen molar-refractivity contribution in [2.75, 3.05) is 6.54 Å². The molecular weight excluding hydrogens is 308 g/mol. The molecule has 1 atom stereocenters. The fourth-order valence-corrected chi connectivity index (χ4v) is 2.82. The van der Waals surface area contributed by atoms with Crippen molar-refractivity contribution < 1.29 is 23.1 Å². The van der Waals surface area contributed by atoms with Crippen molar-refractivity contribution in [3.05, 3.63) is 29.8 Å². The lowest BCUT2D eigenvalue weighted by Crippen LogP contribution is -2.33. The Labute approximate surface area is 129 Å². The molecule has 0 aliphatic rings. The molecule has 0 saturated carbocycles. The van der Waals surface area contributed by atoms with Crippen molar-refractivity contribution >= 4 is 21.9 Å². The summed E-state index contributed by atoms with van der Waals surface area (Å²) in [7, 11) is -3.54. The molecule has 1 aromatic carbocycles. The van der Waals surface area contributed by atoms with E-state index in [1.807, 2.05) is 0 Å². The number of carbonyl (C=O) groups is 2. The predicted octanol–water partition coefficient (Wildman–Crippen LogP) is 0.968. The number of rotatable bonds is 8. The van der Waals surface area contributed by atoms with Gasteiger partial charge < -0.3 is 10.4 Å². The van der Waals surface area contributed by atoms with Crippen LogP contribution in [-0.4, -0.2) is 38.0 Å². The van der Waals surface area contributed by atoms with Crippen LogP contribution in [0.25, 0.3) is 0 Å². The van der Waals surface area contributed by atoms with Crippen molar-refractivity contribution in [1.82, 2.24) is 10.0 Å². The molecule has 0 aliphatic heterocycles.